The molecule has 0 aliphatic heterocycles. The Balaban J connectivity index is 1.31. The molecule has 1 aromatic heterocycles. The number of hydrogen-bond acceptors (Lipinski definition) is 8. The molecule has 36 heavy (non-hydrogen) atoms. The van der Waals surface area contributed by atoms with E-state index >= 15 is 0 Å². The molecule has 3 aromatic carbocycles. The maximum absolute atomic E-state index is 13.0. The first-order chi connectivity index (χ1) is 17.2. The van der Waals surface area contributed by atoms with Crippen LogP contribution >= 0.6 is 11.3 Å². The van der Waals surface area contributed by atoms with E-state index in [1.54, 1.807) is 24.3 Å². The SMILES string of the molecule is CC(=O)Nc1ccc(S(=O)(=O)N(C)c2ccc(OCC(=O)OCc3nc4ccccc4s3)cc2)cc1. The highest BCUT2D eigenvalue weighted by Gasteiger charge is 2.21. The lowest BCUT2D eigenvalue weighted by molar-refractivity contribution is -0.147. The normalized spacial score (nSPS) is 11.2. The van der Waals surface area contributed by atoms with Crippen LogP contribution < -0.4 is 14.4 Å². The van der Waals surface area contributed by atoms with Crippen LogP contribution in [0.3, 0.4) is 0 Å². The number of fused-ring (bicyclic) bond motifs is 1. The molecule has 0 aliphatic carbocycles. The molecule has 4 aromatic rings. The molecule has 0 saturated heterocycles. The van der Waals surface area contributed by atoms with Gasteiger partial charge in [-0.3, -0.25) is 9.10 Å². The third kappa shape index (κ3) is 5.99. The van der Waals surface area contributed by atoms with Gasteiger partial charge in [-0.05, 0) is 60.7 Å². The smallest absolute Gasteiger partial charge is 0.344 e. The van der Waals surface area contributed by atoms with E-state index in [-0.39, 0.29) is 24.0 Å². The Morgan fingerprint density at radius 3 is 2.36 bits per heavy atom. The summed E-state index contributed by atoms with van der Waals surface area (Å²) >= 11 is 1.46. The van der Waals surface area contributed by atoms with E-state index in [2.05, 4.69) is 10.3 Å². The van der Waals surface area contributed by atoms with Gasteiger partial charge in [-0.2, -0.15) is 0 Å². The van der Waals surface area contributed by atoms with Crippen molar-refractivity contribution in [2.24, 2.45) is 0 Å². The molecular formula is C25H23N3O6S2. The zero-order valence-corrected chi connectivity index (χ0v) is 21.1. The first-order valence-corrected chi connectivity index (χ1v) is 13.1. The van der Waals surface area contributed by atoms with Crippen molar-refractivity contribution >= 4 is 54.8 Å². The summed E-state index contributed by atoms with van der Waals surface area (Å²) in [5, 5.41) is 3.29. The summed E-state index contributed by atoms with van der Waals surface area (Å²) in [4.78, 5) is 27.7. The second-order valence-corrected chi connectivity index (χ2v) is 10.8. The number of sulfonamides is 1. The van der Waals surface area contributed by atoms with Gasteiger partial charge in [0.15, 0.2) is 6.61 Å². The Labute approximate surface area is 212 Å². The van der Waals surface area contributed by atoms with Gasteiger partial charge in [0.2, 0.25) is 5.91 Å². The van der Waals surface area contributed by atoms with E-state index < -0.39 is 16.0 Å². The Morgan fingerprint density at radius 1 is 1.00 bits per heavy atom. The van der Waals surface area contributed by atoms with E-state index in [1.165, 1.54) is 49.6 Å². The number of hydrogen-bond donors (Lipinski definition) is 1. The minimum atomic E-state index is -3.82. The maximum atomic E-state index is 13.0. The quantitative estimate of drug-likeness (QED) is 0.326. The van der Waals surface area contributed by atoms with Crippen molar-refractivity contribution in [3.8, 4) is 5.75 Å². The fourth-order valence-corrected chi connectivity index (χ4v) is 5.35. The van der Waals surface area contributed by atoms with Gasteiger partial charge >= 0.3 is 5.97 Å². The number of anilines is 2. The molecule has 4 rings (SSSR count). The van der Waals surface area contributed by atoms with Gasteiger partial charge in [0.25, 0.3) is 10.0 Å². The van der Waals surface area contributed by atoms with Crippen LogP contribution in [0, 0.1) is 0 Å². The maximum Gasteiger partial charge on any atom is 0.344 e. The van der Waals surface area contributed by atoms with Gasteiger partial charge in [0.05, 0.1) is 20.8 Å². The van der Waals surface area contributed by atoms with Crippen molar-refractivity contribution in [3.05, 3.63) is 77.8 Å². The van der Waals surface area contributed by atoms with Gasteiger partial charge in [-0.1, -0.05) is 12.1 Å². The molecule has 0 aliphatic rings. The molecule has 1 N–H and O–H groups in total. The Hall–Kier alpha value is -3.96. The van der Waals surface area contributed by atoms with Crippen LogP contribution in [-0.2, 0) is 31.0 Å². The lowest BCUT2D eigenvalue weighted by Gasteiger charge is -2.20. The van der Waals surface area contributed by atoms with Crippen LogP contribution in [0.25, 0.3) is 10.2 Å². The molecule has 1 heterocycles. The highest BCUT2D eigenvalue weighted by Crippen LogP contribution is 2.25. The van der Waals surface area contributed by atoms with Crippen LogP contribution in [0.4, 0.5) is 11.4 Å². The van der Waals surface area contributed by atoms with Crippen LogP contribution in [0.1, 0.15) is 11.9 Å². The highest BCUT2D eigenvalue weighted by atomic mass is 32.2. The number of carbonyl (C=O) groups is 2. The molecule has 0 saturated carbocycles. The molecule has 0 unspecified atom stereocenters. The summed E-state index contributed by atoms with van der Waals surface area (Å²) in [6.45, 7) is 1.15. The molecule has 0 spiro atoms. The molecule has 0 fully saturated rings. The summed E-state index contributed by atoms with van der Waals surface area (Å²) in [5.41, 5.74) is 1.77. The predicted molar refractivity (Wildman–Crippen MR) is 138 cm³/mol. The van der Waals surface area contributed by atoms with Crippen LogP contribution in [0.5, 0.6) is 5.75 Å². The molecule has 0 radical (unpaired) electrons. The summed E-state index contributed by atoms with van der Waals surface area (Å²) < 4.78 is 38.8. The Bertz CT molecular complexity index is 1450. The van der Waals surface area contributed by atoms with Gasteiger partial charge in [0, 0.05) is 19.7 Å². The number of amides is 1. The zero-order chi connectivity index (χ0) is 25.7. The molecule has 9 nitrogen and oxygen atoms in total. The average molecular weight is 526 g/mol. The van der Waals surface area contributed by atoms with Crippen molar-refractivity contribution < 1.29 is 27.5 Å². The molecule has 11 heteroatoms. The third-order valence-corrected chi connectivity index (χ3v) is 7.89. The number of ether oxygens (including phenoxy) is 2. The number of nitrogens with one attached hydrogen (secondary N) is 1. The minimum Gasteiger partial charge on any atom is -0.482 e. The number of thiazole rings is 1. The first-order valence-electron chi connectivity index (χ1n) is 10.8. The lowest BCUT2D eigenvalue weighted by atomic mass is 10.3. The zero-order valence-electron chi connectivity index (χ0n) is 19.5. The van der Waals surface area contributed by atoms with Crippen molar-refractivity contribution in [1.82, 2.24) is 4.98 Å². The third-order valence-electron chi connectivity index (χ3n) is 5.08. The van der Waals surface area contributed by atoms with E-state index in [0.29, 0.717) is 22.1 Å². The van der Waals surface area contributed by atoms with E-state index in [0.717, 1.165) is 14.5 Å². The Morgan fingerprint density at radius 2 is 1.69 bits per heavy atom. The summed E-state index contributed by atoms with van der Waals surface area (Å²) in [5.74, 6) is -0.395. The first kappa shape index (κ1) is 25.1. The number of benzene rings is 3. The van der Waals surface area contributed by atoms with Crippen LogP contribution in [-0.4, -0.2) is 38.9 Å². The van der Waals surface area contributed by atoms with Gasteiger partial charge in [0.1, 0.15) is 17.4 Å². The summed E-state index contributed by atoms with van der Waals surface area (Å²) in [6.07, 6.45) is 0. The number of carbonyl (C=O) groups excluding carboxylic acids is 2. The molecule has 1 amide bonds. The monoisotopic (exact) mass is 525 g/mol. The Kier molecular flexibility index (Phi) is 7.51. The second kappa shape index (κ2) is 10.8. The lowest BCUT2D eigenvalue weighted by Crippen LogP contribution is -2.26. The highest BCUT2D eigenvalue weighted by molar-refractivity contribution is 7.92. The van der Waals surface area contributed by atoms with Gasteiger partial charge in [-0.15, -0.1) is 11.3 Å². The molecular weight excluding hydrogens is 502 g/mol. The number of para-hydroxylation sites is 1. The fourth-order valence-electron chi connectivity index (χ4n) is 3.27. The van der Waals surface area contributed by atoms with Crippen molar-refractivity contribution in [1.29, 1.82) is 0 Å². The average Bonchev–Trinajstić information content (AvgIpc) is 3.29. The topological polar surface area (TPSA) is 115 Å². The fraction of sp³-hybridized carbons (Fsp3) is 0.160. The van der Waals surface area contributed by atoms with Crippen molar-refractivity contribution in [2.75, 3.05) is 23.3 Å². The predicted octanol–water partition coefficient (Wildman–Crippen LogP) is 4.20. The molecule has 0 atom stereocenters. The second-order valence-electron chi connectivity index (χ2n) is 7.70. The number of esters is 1. The van der Waals surface area contributed by atoms with Gasteiger partial charge in [-0.25, -0.2) is 18.2 Å². The van der Waals surface area contributed by atoms with E-state index in [1.807, 2.05) is 24.3 Å². The summed E-state index contributed by atoms with van der Waals surface area (Å²) in [7, 11) is -2.38. The van der Waals surface area contributed by atoms with E-state index in [4.69, 9.17) is 9.47 Å². The van der Waals surface area contributed by atoms with Crippen LogP contribution in [0.2, 0.25) is 0 Å². The molecule has 0 bridgehead atoms. The number of rotatable bonds is 9. The van der Waals surface area contributed by atoms with Gasteiger partial charge < -0.3 is 14.8 Å². The van der Waals surface area contributed by atoms with E-state index in [9.17, 15) is 18.0 Å². The van der Waals surface area contributed by atoms with Crippen molar-refractivity contribution in [3.63, 3.8) is 0 Å². The minimum absolute atomic E-state index is 0.0644. The van der Waals surface area contributed by atoms with Crippen molar-refractivity contribution in [2.45, 2.75) is 18.4 Å². The largest absolute Gasteiger partial charge is 0.482 e. The number of aromatic nitrogens is 1. The molecule has 186 valence electrons. The van der Waals surface area contributed by atoms with Crippen LogP contribution in [0.15, 0.2) is 77.7 Å². The number of nitrogens with zero attached hydrogens (tertiary/aromatic N) is 2. The summed E-state index contributed by atoms with van der Waals surface area (Å²) in [6, 6.07) is 19.9. The standard InChI is InChI=1S/C25H23N3O6S2/c1-17(29)26-18-7-13-21(14-8-18)36(31,32)28(2)19-9-11-20(12-10-19)33-16-25(30)34-15-24-27-22-5-3-4-6-23(22)35-24/h3-14H,15-16H2,1-2H3,(H,26,29).